The number of amides is 1. The molecule has 1 unspecified atom stereocenters. The number of hydrogen-bond acceptors (Lipinski definition) is 5. The Kier molecular flexibility index (Phi) is 7.49. The van der Waals surface area contributed by atoms with Crippen molar-refractivity contribution in [1.29, 1.82) is 0 Å². The first-order chi connectivity index (χ1) is 14.2. The van der Waals surface area contributed by atoms with Crippen LogP contribution in [0.3, 0.4) is 0 Å². The Morgan fingerprint density at radius 2 is 2.10 bits per heavy atom. The van der Waals surface area contributed by atoms with Gasteiger partial charge in [-0.1, -0.05) is 29.4 Å². The summed E-state index contributed by atoms with van der Waals surface area (Å²) in [7, 11) is 1.63. The van der Waals surface area contributed by atoms with Gasteiger partial charge in [-0.2, -0.15) is 0 Å². The third-order valence-corrected chi connectivity index (χ3v) is 5.22. The Labute approximate surface area is 182 Å². The fraction of sp³-hybridized carbons (Fsp3) is 0.304. The maximum Gasteiger partial charge on any atom is 0.251 e. The van der Waals surface area contributed by atoms with Gasteiger partial charge in [-0.3, -0.25) is 4.79 Å². The molecule has 1 saturated heterocycles. The number of benzene rings is 2. The predicted octanol–water partition coefficient (Wildman–Crippen LogP) is 3.85. The molecule has 1 aliphatic heterocycles. The minimum Gasteiger partial charge on any atom is -0.497 e. The van der Waals surface area contributed by atoms with Crippen LogP contribution < -0.4 is 15.4 Å². The number of methoxy groups -OCH3 is 1. The number of carbonyl (C=O) groups is 1. The van der Waals surface area contributed by atoms with Crippen molar-refractivity contribution < 1.29 is 14.1 Å². The smallest absolute Gasteiger partial charge is 0.251 e. The molecule has 3 aromatic rings. The number of nitrogens with one attached hydrogen (secondary N) is 2. The van der Waals surface area contributed by atoms with Crippen LogP contribution in [-0.4, -0.2) is 31.3 Å². The topological polar surface area (TPSA) is 76.4 Å². The zero-order valence-electron chi connectivity index (χ0n) is 16.9. The molecule has 1 aromatic heterocycles. The quantitative estimate of drug-likeness (QED) is 0.598. The van der Waals surface area contributed by atoms with Gasteiger partial charge in [0, 0.05) is 17.2 Å². The first-order valence-corrected chi connectivity index (χ1v) is 9.89. The van der Waals surface area contributed by atoms with Crippen molar-refractivity contribution in [3.8, 4) is 17.0 Å². The number of nitrogens with zero attached hydrogens (tertiary/aromatic N) is 1. The van der Waals surface area contributed by atoms with Crippen LogP contribution in [0.4, 0.5) is 0 Å². The lowest BCUT2D eigenvalue weighted by molar-refractivity contribution is 0.0947. The second-order valence-electron chi connectivity index (χ2n) is 7.36. The van der Waals surface area contributed by atoms with Gasteiger partial charge in [0.15, 0.2) is 5.76 Å². The first kappa shape index (κ1) is 21.9. The zero-order valence-corrected chi connectivity index (χ0v) is 17.7. The molecule has 4 rings (SSSR count). The molecule has 1 atom stereocenters. The highest BCUT2D eigenvalue weighted by Crippen LogP contribution is 2.23. The van der Waals surface area contributed by atoms with Crippen molar-refractivity contribution in [2.24, 2.45) is 5.92 Å². The van der Waals surface area contributed by atoms with E-state index in [2.05, 4.69) is 21.9 Å². The second-order valence-corrected chi connectivity index (χ2v) is 7.36. The van der Waals surface area contributed by atoms with E-state index < -0.39 is 0 Å². The van der Waals surface area contributed by atoms with E-state index in [0.717, 1.165) is 30.8 Å². The summed E-state index contributed by atoms with van der Waals surface area (Å²) >= 11 is 0. The molecule has 7 heteroatoms. The Morgan fingerprint density at radius 3 is 2.90 bits per heavy atom. The fourth-order valence-electron chi connectivity index (χ4n) is 3.65. The summed E-state index contributed by atoms with van der Waals surface area (Å²) in [6.07, 6.45) is 2.19. The van der Waals surface area contributed by atoms with Gasteiger partial charge >= 0.3 is 0 Å². The number of hydrogen-bond donors (Lipinski definition) is 2. The molecular weight excluding hydrogens is 402 g/mol. The molecule has 158 valence electrons. The minimum atomic E-state index is -0.115. The van der Waals surface area contributed by atoms with Crippen molar-refractivity contribution in [3.63, 3.8) is 0 Å². The van der Waals surface area contributed by atoms with Gasteiger partial charge in [0.2, 0.25) is 0 Å². The summed E-state index contributed by atoms with van der Waals surface area (Å²) in [6, 6.07) is 17.3. The maximum atomic E-state index is 12.6. The van der Waals surface area contributed by atoms with Crippen molar-refractivity contribution in [2.45, 2.75) is 19.4 Å². The maximum absolute atomic E-state index is 12.6. The van der Waals surface area contributed by atoms with Gasteiger partial charge in [0.05, 0.1) is 13.7 Å². The van der Waals surface area contributed by atoms with E-state index >= 15 is 0 Å². The Bertz CT molecular complexity index is 983. The van der Waals surface area contributed by atoms with E-state index in [4.69, 9.17) is 9.26 Å². The molecule has 0 saturated carbocycles. The van der Waals surface area contributed by atoms with Gasteiger partial charge < -0.3 is 19.9 Å². The summed E-state index contributed by atoms with van der Waals surface area (Å²) in [5.41, 5.74) is 3.48. The van der Waals surface area contributed by atoms with Crippen molar-refractivity contribution in [2.75, 3.05) is 20.2 Å². The number of carbonyl (C=O) groups excluding carboxylic acids is 1. The summed E-state index contributed by atoms with van der Waals surface area (Å²) in [6.45, 7) is 2.42. The van der Waals surface area contributed by atoms with E-state index in [1.807, 2.05) is 48.5 Å². The predicted molar refractivity (Wildman–Crippen MR) is 118 cm³/mol. The highest BCUT2D eigenvalue weighted by Gasteiger charge is 2.16. The molecule has 30 heavy (non-hydrogen) atoms. The van der Waals surface area contributed by atoms with Gasteiger partial charge in [0.25, 0.3) is 5.91 Å². The third kappa shape index (κ3) is 5.40. The number of halogens is 1. The average molecular weight is 428 g/mol. The molecule has 6 nitrogen and oxygen atoms in total. The molecule has 1 amide bonds. The largest absolute Gasteiger partial charge is 0.497 e. The Hall–Kier alpha value is -2.83. The van der Waals surface area contributed by atoms with Crippen LogP contribution in [0.1, 0.15) is 28.1 Å². The highest BCUT2D eigenvalue weighted by atomic mass is 35.5. The molecule has 2 heterocycles. The Morgan fingerprint density at radius 1 is 1.23 bits per heavy atom. The van der Waals surface area contributed by atoms with Crippen LogP contribution in [-0.2, 0) is 13.0 Å². The highest BCUT2D eigenvalue weighted by molar-refractivity contribution is 5.94. The molecule has 2 aromatic carbocycles. The molecule has 0 spiro atoms. The van der Waals surface area contributed by atoms with E-state index in [1.165, 1.54) is 12.0 Å². The number of aromatic nitrogens is 1. The molecule has 1 aliphatic rings. The molecule has 1 fully saturated rings. The normalized spacial score (nSPS) is 15.4. The van der Waals surface area contributed by atoms with Crippen LogP contribution in [0, 0.1) is 5.92 Å². The molecule has 0 aliphatic carbocycles. The lowest BCUT2D eigenvalue weighted by Crippen LogP contribution is -2.22. The van der Waals surface area contributed by atoms with Crippen LogP contribution in [0.5, 0.6) is 5.75 Å². The third-order valence-electron chi connectivity index (χ3n) is 5.22. The van der Waals surface area contributed by atoms with Crippen molar-refractivity contribution in [3.05, 3.63) is 71.5 Å². The van der Waals surface area contributed by atoms with E-state index in [0.29, 0.717) is 22.9 Å². The second kappa shape index (κ2) is 10.3. The first-order valence-electron chi connectivity index (χ1n) is 9.89. The van der Waals surface area contributed by atoms with Crippen LogP contribution in [0.2, 0.25) is 0 Å². The van der Waals surface area contributed by atoms with Gasteiger partial charge in [-0.05, 0) is 61.7 Å². The van der Waals surface area contributed by atoms with E-state index in [1.54, 1.807) is 7.11 Å². The lowest BCUT2D eigenvalue weighted by Gasteiger charge is -2.10. The summed E-state index contributed by atoms with van der Waals surface area (Å²) in [4.78, 5) is 12.6. The van der Waals surface area contributed by atoms with E-state index in [-0.39, 0.29) is 24.9 Å². The fourth-order valence-corrected chi connectivity index (χ4v) is 3.65. The standard InChI is InChI=1S/C23H25N3O3.ClH/c1-28-20-7-3-5-18(12-20)22-13-21(29-26-22)15-25-23(27)19-6-2-4-16(11-19)10-17-8-9-24-14-17;/h2-7,11-13,17,24H,8-10,14-15H2,1H3,(H,25,27);1H. The van der Waals surface area contributed by atoms with Crippen LogP contribution in [0.15, 0.2) is 59.1 Å². The average Bonchev–Trinajstić information content (AvgIpc) is 3.44. The molecular formula is C23H26ClN3O3. The van der Waals surface area contributed by atoms with Crippen molar-refractivity contribution in [1.82, 2.24) is 15.8 Å². The number of rotatable bonds is 7. The summed E-state index contributed by atoms with van der Waals surface area (Å²) < 4.78 is 10.6. The molecule has 0 bridgehead atoms. The van der Waals surface area contributed by atoms with Gasteiger partial charge in [-0.25, -0.2) is 0 Å². The number of ether oxygens (including phenoxy) is 1. The van der Waals surface area contributed by atoms with Gasteiger partial charge in [0.1, 0.15) is 11.4 Å². The summed E-state index contributed by atoms with van der Waals surface area (Å²) in [5.74, 6) is 1.89. The Balaban J connectivity index is 0.00000256. The SMILES string of the molecule is COc1cccc(-c2cc(CNC(=O)c3cccc(CC4CCNC4)c3)on2)c1.Cl. The lowest BCUT2D eigenvalue weighted by atomic mass is 9.97. The summed E-state index contributed by atoms with van der Waals surface area (Å²) in [5, 5.41) is 10.4. The monoisotopic (exact) mass is 427 g/mol. The van der Waals surface area contributed by atoms with Gasteiger partial charge in [-0.15, -0.1) is 12.4 Å². The zero-order chi connectivity index (χ0) is 20.1. The van der Waals surface area contributed by atoms with Crippen LogP contribution >= 0.6 is 12.4 Å². The van der Waals surface area contributed by atoms with Crippen LogP contribution in [0.25, 0.3) is 11.3 Å². The van der Waals surface area contributed by atoms with E-state index in [9.17, 15) is 4.79 Å². The minimum absolute atomic E-state index is 0. The van der Waals surface area contributed by atoms with Crippen molar-refractivity contribution >= 4 is 18.3 Å². The molecule has 2 N–H and O–H groups in total. The molecule has 0 radical (unpaired) electrons.